The van der Waals surface area contributed by atoms with Gasteiger partial charge in [0.15, 0.2) is 0 Å². The Hall–Kier alpha value is -1.06. The summed E-state index contributed by atoms with van der Waals surface area (Å²) in [5.41, 5.74) is 2.27. The van der Waals surface area contributed by atoms with Gasteiger partial charge in [0.1, 0.15) is 5.75 Å². The van der Waals surface area contributed by atoms with Crippen molar-refractivity contribution in [1.29, 1.82) is 0 Å². The largest absolute Gasteiger partial charge is 0.496 e. The van der Waals surface area contributed by atoms with E-state index in [4.69, 9.17) is 10.6 Å². The average molecular weight is 181 g/mol. The molecule has 0 fully saturated rings. The smallest absolute Gasteiger partial charge is 0.125 e. The number of hydrogen-bond donors (Lipinski definition) is 1. The Morgan fingerprint density at radius 3 is 2.77 bits per heavy atom. The molecule has 0 atom stereocenters. The normalized spacial score (nSPS) is 10.1. The number of ether oxygens (including phenoxy) is 1. The molecule has 3 heteroatoms. The quantitative estimate of drug-likeness (QED) is 0.715. The minimum Gasteiger partial charge on any atom is -0.496 e. The summed E-state index contributed by atoms with van der Waals surface area (Å²) < 4.78 is 5.28. The maximum atomic E-state index is 5.28. The molecular formula is C10H15NO2. The van der Waals surface area contributed by atoms with Crippen molar-refractivity contribution in [2.24, 2.45) is 5.90 Å². The maximum absolute atomic E-state index is 5.28. The van der Waals surface area contributed by atoms with Crippen molar-refractivity contribution >= 4 is 0 Å². The van der Waals surface area contributed by atoms with Crippen molar-refractivity contribution in [2.75, 3.05) is 13.7 Å². The molecule has 0 amide bonds. The highest BCUT2D eigenvalue weighted by Crippen LogP contribution is 2.22. The SMILES string of the molecule is COc1c(C)cccc1CCON. The molecule has 1 rings (SSSR count). The average Bonchev–Trinajstić information content (AvgIpc) is 2.15. The summed E-state index contributed by atoms with van der Waals surface area (Å²) >= 11 is 0. The van der Waals surface area contributed by atoms with Crippen molar-refractivity contribution < 1.29 is 9.57 Å². The molecule has 0 saturated heterocycles. The lowest BCUT2D eigenvalue weighted by Crippen LogP contribution is -2.05. The Morgan fingerprint density at radius 1 is 1.38 bits per heavy atom. The number of aryl methyl sites for hydroxylation is 1. The van der Waals surface area contributed by atoms with E-state index < -0.39 is 0 Å². The second-order valence-electron chi connectivity index (χ2n) is 2.89. The van der Waals surface area contributed by atoms with Gasteiger partial charge < -0.3 is 9.57 Å². The Kier molecular flexibility index (Phi) is 3.73. The van der Waals surface area contributed by atoms with Crippen LogP contribution in [-0.2, 0) is 11.3 Å². The molecule has 1 aromatic rings. The molecular weight excluding hydrogens is 166 g/mol. The van der Waals surface area contributed by atoms with Gasteiger partial charge in [-0.3, -0.25) is 0 Å². The van der Waals surface area contributed by atoms with Crippen molar-refractivity contribution in [2.45, 2.75) is 13.3 Å². The summed E-state index contributed by atoms with van der Waals surface area (Å²) in [7, 11) is 1.68. The van der Waals surface area contributed by atoms with Crippen LogP contribution in [0.25, 0.3) is 0 Å². The number of benzene rings is 1. The zero-order chi connectivity index (χ0) is 9.68. The Morgan fingerprint density at radius 2 is 2.15 bits per heavy atom. The van der Waals surface area contributed by atoms with Gasteiger partial charge in [-0.1, -0.05) is 18.2 Å². The number of hydrogen-bond acceptors (Lipinski definition) is 3. The van der Waals surface area contributed by atoms with E-state index in [1.54, 1.807) is 7.11 Å². The predicted molar refractivity (Wildman–Crippen MR) is 51.6 cm³/mol. The lowest BCUT2D eigenvalue weighted by Gasteiger charge is -2.10. The fraction of sp³-hybridized carbons (Fsp3) is 0.400. The fourth-order valence-electron chi connectivity index (χ4n) is 1.37. The first-order chi connectivity index (χ1) is 6.29. The second kappa shape index (κ2) is 4.84. The second-order valence-corrected chi connectivity index (χ2v) is 2.89. The monoisotopic (exact) mass is 181 g/mol. The van der Waals surface area contributed by atoms with Crippen LogP contribution in [0.15, 0.2) is 18.2 Å². The third-order valence-electron chi connectivity index (χ3n) is 1.99. The molecule has 0 radical (unpaired) electrons. The van der Waals surface area contributed by atoms with E-state index in [-0.39, 0.29) is 0 Å². The molecule has 0 aliphatic carbocycles. The summed E-state index contributed by atoms with van der Waals surface area (Å²) in [4.78, 5) is 4.53. The zero-order valence-corrected chi connectivity index (χ0v) is 8.04. The van der Waals surface area contributed by atoms with Crippen molar-refractivity contribution in [3.63, 3.8) is 0 Å². The summed E-state index contributed by atoms with van der Waals surface area (Å²) in [6, 6.07) is 6.04. The highest BCUT2D eigenvalue weighted by Gasteiger charge is 2.04. The van der Waals surface area contributed by atoms with Crippen LogP contribution in [0.3, 0.4) is 0 Å². The van der Waals surface area contributed by atoms with Crippen LogP contribution < -0.4 is 10.6 Å². The van der Waals surface area contributed by atoms with Crippen molar-refractivity contribution in [3.8, 4) is 5.75 Å². The van der Waals surface area contributed by atoms with Gasteiger partial charge in [0.2, 0.25) is 0 Å². The van der Waals surface area contributed by atoms with Crippen LogP contribution >= 0.6 is 0 Å². The van der Waals surface area contributed by atoms with Gasteiger partial charge in [-0.25, -0.2) is 5.90 Å². The minimum absolute atomic E-state index is 0.514. The van der Waals surface area contributed by atoms with E-state index in [2.05, 4.69) is 4.84 Å². The van der Waals surface area contributed by atoms with Gasteiger partial charge >= 0.3 is 0 Å². The van der Waals surface area contributed by atoms with E-state index in [0.29, 0.717) is 6.61 Å². The van der Waals surface area contributed by atoms with Crippen molar-refractivity contribution in [1.82, 2.24) is 0 Å². The van der Waals surface area contributed by atoms with Crippen LogP contribution in [0.1, 0.15) is 11.1 Å². The first-order valence-electron chi connectivity index (χ1n) is 4.23. The first kappa shape index (κ1) is 10.0. The van der Waals surface area contributed by atoms with Crippen LogP contribution in [0.4, 0.5) is 0 Å². The Balaban J connectivity index is 2.85. The Labute approximate surface area is 78.4 Å². The molecule has 0 bridgehead atoms. The summed E-state index contributed by atoms with van der Waals surface area (Å²) in [6.45, 7) is 2.53. The maximum Gasteiger partial charge on any atom is 0.125 e. The zero-order valence-electron chi connectivity index (χ0n) is 8.04. The fourth-order valence-corrected chi connectivity index (χ4v) is 1.37. The van der Waals surface area contributed by atoms with Crippen LogP contribution in [0.2, 0.25) is 0 Å². The number of nitrogens with two attached hydrogens (primary N) is 1. The first-order valence-corrected chi connectivity index (χ1v) is 4.23. The number of para-hydroxylation sites is 1. The summed E-state index contributed by atoms with van der Waals surface area (Å²) in [5, 5.41) is 0. The predicted octanol–water partition coefficient (Wildman–Crippen LogP) is 1.44. The molecule has 0 spiro atoms. The van der Waals surface area contributed by atoms with E-state index in [0.717, 1.165) is 23.3 Å². The molecule has 0 aliphatic heterocycles. The van der Waals surface area contributed by atoms with E-state index in [9.17, 15) is 0 Å². The summed E-state index contributed by atoms with van der Waals surface area (Å²) in [6.07, 6.45) is 0.779. The standard InChI is InChI=1S/C10H15NO2/c1-8-4-3-5-9(6-7-13-11)10(8)12-2/h3-5H,6-7,11H2,1-2H3. The molecule has 0 unspecified atom stereocenters. The van der Waals surface area contributed by atoms with Crippen LogP contribution in [-0.4, -0.2) is 13.7 Å². The van der Waals surface area contributed by atoms with Gasteiger partial charge in [0.25, 0.3) is 0 Å². The minimum atomic E-state index is 0.514. The summed E-state index contributed by atoms with van der Waals surface area (Å²) in [5.74, 6) is 5.90. The molecule has 0 saturated carbocycles. The third-order valence-corrected chi connectivity index (χ3v) is 1.99. The topological polar surface area (TPSA) is 44.5 Å². The highest BCUT2D eigenvalue weighted by atomic mass is 16.6. The Bertz CT molecular complexity index is 274. The van der Waals surface area contributed by atoms with E-state index in [1.807, 2.05) is 25.1 Å². The molecule has 1 aromatic carbocycles. The van der Waals surface area contributed by atoms with Gasteiger partial charge in [0, 0.05) is 6.42 Å². The van der Waals surface area contributed by atoms with E-state index >= 15 is 0 Å². The van der Waals surface area contributed by atoms with Gasteiger partial charge in [0.05, 0.1) is 13.7 Å². The molecule has 0 heterocycles. The molecule has 72 valence electrons. The molecule has 3 nitrogen and oxygen atoms in total. The number of methoxy groups -OCH3 is 1. The van der Waals surface area contributed by atoms with Gasteiger partial charge in [-0.2, -0.15) is 0 Å². The molecule has 2 N–H and O–H groups in total. The lowest BCUT2D eigenvalue weighted by atomic mass is 10.1. The molecule has 0 aliphatic rings. The van der Waals surface area contributed by atoms with Gasteiger partial charge in [-0.05, 0) is 18.1 Å². The lowest BCUT2D eigenvalue weighted by molar-refractivity contribution is 0.140. The number of rotatable bonds is 4. The van der Waals surface area contributed by atoms with E-state index in [1.165, 1.54) is 0 Å². The van der Waals surface area contributed by atoms with Gasteiger partial charge in [-0.15, -0.1) is 0 Å². The highest BCUT2D eigenvalue weighted by molar-refractivity contribution is 5.40. The van der Waals surface area contributed by atoms with Crippen LogP contribution in [0.5, 0.6) is 5.75 Å². The van der Waals surface area contributed by atoms with Crippen LogP contribution in [0, 0.1) is 6.92 Å². The third kappa shape index (κ3) is 2.44. The molecule has 13 heavy (non-hydrogen) atoms. The molecule has 0 aromatic heterocycles. The van der Waals surface area contributed by atoms with Crippen molar-refractivity contribution in [3.05, 3.63) is 29.3 Å².